The van der Waals surface area contributed by atoms with Gasteiger partial charge in [0, 0.05) is 23.5 Å². The minimum absolute atomic E-state index is 0.0152. The second-order valence-electron chi connectivity index (χ2n) is 9.18. The number of aromatic amines is 1. The average Bonchev–Trinajstić information content (AvgIpc) is 3.18. The van der Waals surface area contributed by atoms with Gasteiger partial charge in [-0.15, -0.1) is 0 Å². The predicted molar refractivity (Wildman–Crippen MR) is 116 cm³/mol. The number of hydrogen-bond donors (Lipinski definition) is 3. The van der Waals surface area contributed by atoms with E-state index in [0.29, 0.717) is 19.4 Å². The molecule has 2 saturated carbocycles. The maximum absolute atomic E-state index is 11.9. The molecule has 160 valence electrons. The van der Waals surface area contributed by atoms with Crippen LogP contribution in [-0.4, -0.2) is 36.0 Å². The van der Waals surface area contributed by atoms with Crippen LogP contribution in [0.15, 0.2) is 18.3 Å². The van der Waals surface area contributed by atoms with Crippen LogP contribution >= 0.6 is 0 Å². The highest BCUT2D eigenvalue weighted by Crippen LogP contribution is 2.64. The number of nitrogens with two attached hydrogens (primary N) is 1. The Hall–Kier alpha value is -1.70. The fourth-order valence-corrected chi connectivity index (χ4v) is 6.66. The van der Waals surface area contributed by atoms with E-state index in [2.05, 4.69) is 37.2 Å². The topological polar surface area (TPSA) is 113 Å². The molecule has 2 aliphatic rings. The minimum atomic E-state index is -4.08. The van der Waals surface area contributed by atoms with Gasteiger partial charge in [0.2, 0.25) is 0 Å². The number of ketones is 1. The normalized spacial score (nSPS) is 25.3. The molecule has 2 aromatic rings. The zero-order valence-corrected chi connectivity index (χ0v) is 18.5. The molecule has 0 amide bonds. The van der Waals surface area contributed by atoms with E-state index in [1.54, 1.807) is 0 Å². The first kappa shape index (κ1) is 22.0. The van der Waals surface area contributed by atoms with Crippen LogP contribution in [-0.2, 0) is 21.3 Å². The molecular weight excluding hydrogens is 388 g/mol. The molecule has 29 heavy (non-hydrogen) atoms. The summed E-state index contributed by atoms with van der Waals surface area (Å²) in [5.74, 6) is -0.101. The molecule has 2 bridgehead atoms. The summed E-state index contributed by atoms with van der Waals surface area (Å²) in [7, 11) is -4.08. The van der Waals surface area contributed by atoms with Gasteiger partial charge in [-0.2, -0.15) is 8.42 Å². The maximum atomic E-state index is 11.9. The van der Waals surface area contributed by atoms with Crippen molar-refractivity contribution in [1.82, 2.24) is 4.98 Å². The SMILES string of the molecule is CC1(C)C2CCC1(CS(=O)(=O)O)C(=O)C2.Cc1ccc2[nH]cc(CCN)c2c1C. The van der Waals surface area contributed by atoms with E-state index in [-0.39, 0.29) is 17.1 Å². The number of aromatic nitrogens is 1. The lowest BCUT2D eigenvalue weighted by Crippen LogP contribution is -2.42. The molecule has 0 saturated heterocycles. The first-order valence-electron chi connectivity index (χ1n) is 10.2. The van der Waals surface area contributed by atoms with Gasteiger partial charge in [0.25, 0.3) is 10.1 Å². The van der Waals surface area contributed by atoms with Gasteiger partial charge in [-0.05, 0) is 73.7 Å². The highest BCUT2D eigenvalue weighted by molar-refractivity contribution is 7.85. The van der Waals surface area contributed by atoms with Crippen LogP contribution in [0.1, 0.15) is 49.8 Å². The van der Waals surface area contributed by atoms with E-state index in [0.717, 1.165) is 12.8 Å². The molecular formula is C22H32N2O4S. The molecule has 2 aliphatic carbocycles. The van der Waals surface area contributed by atoms with Gasteiger partial charge in [-0.3, -0.25) is 9.35 Å². The molecule has 1 aromatic heterocycles. The van der Waals surface area contributed by atoms with Crippen LogP contribution in [0.2, 0.25) is 0 Å². The third-order valence-corrected chi connectivity index (χ3v) is 8.30. The van der Waals surface area contributed by atoms with E-state index in [1.165, 1.54) is 27.6 Å². The molecule has 0 spiro atoms. The van der Waals surface area contributed by atoms with Crippen LogP contribution in [0.4, 0.5) is 0 Å². The molecule has 4 N–H and O–H groups in total. The number of H-pyrrole nitrogens is 1. The molecule has 4 rings (SSSR count). The van der Waals surface area contributed by atoms with Crippen molar-refractivity contribution in [1.29, 1.82) is 0 Å². The largest absolute Gasteiger partial charge is 0.361 e. The minimum Gasteiger partial charge on any atom is -0.361 e. The number of benzene rings is 1. The van der Waals surface area contributed by atoms with Crippen molar-refractivity contribution in [3.63, 3.8) is 0 Å². The first-order chi connectivity index (χ1) is 13.4. The van der Waals surface area contributed by atoms with Gasteiger partial charge in [0.15, 0.2) is 0 Å². The van der Waals surface area contributed by atoms with Crippen molar-refractivity contribution in [3.8, 4) is 0 Å². The van der Waals surface area contributed by atoms with Gasteiger partial charge in [0.05, 0.1) is 11.2 Å². The highest BCUT2D eigenvalue weighted by Gasteiger charge is 2.65. The number of carbonyl (C=O) groups excluding carboxylic acids is 1. The molecule has 1 heterocycles. The summed E-state index contributed by atoms with van der Waals surface area (Å²) in [6.07, 6.45) is 4.99. The molecule has 2 unspecified atom stereocenters. The lowest BCUT2D eigenvalue weighted by Gasteiger charge is -2.35. The van der Waals surface area contributed by atoms with Crippen molar-refractivity contribution in [2.45, 2.75) is 53.4 Å². The van der Waals surface area contributed by atoms with E-state index >= 15 is 0 Å². The van der Waals surface area contributed by atoms with E-state index in [9.17, 15) is 13.2 Å². The molecule has 7 heteroatoms. The van der Waals surface area contributed by atoms with Gasteiger partial charge in [-0.1, -0.05) is 19.9 Å². The number of Topliss-reactive ketones (excluding diaryl/α,β-unsaturated/α-hetero) is 1. The quantitative estimate of drug-likeness (QED) is 0.655. The summed E-state index contributed by atoms with van der Waals surface area (Å²) in [4.78, 5) is 15.2. The summed E-state index contributed by atoms with van der Waals surface area (Å²) < 4.78 is 31.0. The van der Waals surface area contributed by atoms with Crippen LogP contribution in [0.3, 0.4) is 0 Å². The Balaban J connectivity index is 0.000000166. The van der Waals surface area contributed by atoms with E-state index < -0.39 is 21.3 Å². The number of carbonyl (C=O) groups is 1. The Morgan fingerprint density at radius 2 is 1.97 bits per heavy atom. The zero-order valence-electron chi connectivity index (χ0n) is 17.7. The fraction of sp³-hybridized carbons (Fsp3) is 0.591. The third kappa shape index (κ3) is 3.76. The average molecular weight is 421 g/mol. The summed E-state index contributed by atoms with van der Waals surface area (Å²) in [6, 6.07) is 4.29. The van der Waals surface area contributed by atoms with Gasteiger partial charge in [-0.25, -0.2) is 0 Å². The molecule has 1 aromatic carbocycles. The maximum Gasteiger partial charge on any atom is 0.265 e. The molecule has 2 fully saturated rings. The summed E-state index contributed by atoms with van der Waals surface area (Å²) in [5.41, 5.74) is 9.73. The van der Waals surface area contributed by atoms with Crippen molar-refractivity contribution in [3.05, 3.63) is 35.0 Å². The van der Waals surface area contributed by atoms with Gasteiger partial charge >= 0.3 is 0 Å². The Bertz CT molecular complexity index is 1040. The van der Waals surface area contributed by atoms with E-state index in [1.807, 2.05) is 13.8 Å². The Kier molecular flexibility index (Phi) is 5.71. The molecule has 6 nitrogen and oxygen atoms in total. The smallest absolute Gasteiger partial charge is 0.265 e. The lowest BCUT2D eigenvalue weighted by molar-refractivity contribution is -0.128. The Morgan fingerprint density at radius 3 is 2.48 bits per heavy atom. The number of hydrogen-bond acceptors (Lipinski definition) is 4. The van der Waals surface area contributed by atoms with Crippen LogP contribution in [0.25, 0.3) is 10.9 Å². The monoisotopic (exact) mass is 420 g/mol. The van der Waals surface area contributed by atoms with Crippen LogP contribution in [0, 0.1) is 30.6 Å². The van der Waals surface area contributed by atoms with Crippen molar-refractivity contribution in [2.24, 2.45) is 22.5 Å². The second kappa shape index (κ2) is 7.52. The van der Waals surface area contributed by atoms with E-state index in [4.69, 9.17) is 10.3 Å². The van der Waals surface area contributed by atoms with Crippen LogP contribution < -0.4 is 5.73 Å². The predicted octanol–water partition coefficient (Wildman–Crippen LogP) is 3.56. The molecule has 2 atom stereocenters. The van der Waals surface area contributed by atoms with Crippen molar-refractivity contribution in [2.75, 3.05) is 12.3 Å². The van der Waals surface area contributed by atoms with Crippen molar-refractivity contribution < 1.29 is 17.8 Å². The first-order valence-corrected chi connectivity index (χ1v) is 11.8. The lowest BCUT2D eigenvalue weighted by atomic mass is 9.70. The Morgan fingerprint density at radius 1 is 1.28 bits per heavy atom. The molecule has 0 radical (unpaired) electrons. The number of fused-ring (bicyclic) bond motifs is 3. The zero-order chi connectivity index (χ0) is 21.6. The van der Waals surface area contributed by atoms with Gasteiger partial charge < -0.3 is 10.7 Å². The summed E-state index contributed by atoms with van der Waals surface area (Å²) in [5, 5.41) is 1.36. The van der Waals surface area contributed by atoms with Crippen LogP contribution in [0.5, 0.6) is 0 Å². The summed E-state index contributed by atoms with van der Waals surface area (Å²) in [6.45, 7) is 8.92. The third-order valence-electron chi connectivity index (χ3n) is 7.44. The Labute approximate surface area is 173 Å². The highest BCUT2D eigenvalue weighted by atomic mass is 32.2. The fourth-order valence-electron chi connectivity index (χ4n) is 5.36. The standard InChI is InChI=1S/C12H16N2.C10H16O4S/c1-8-3-4-11-12(9(8)2)10(5-6-13)7-14-11;1-9(2)7-3-4-10(9,8(11)5-7)6-15(12,13)14/h3-4,7,14H,5-6,13H2,1-2H3;7H,3-6H2,1-2H3,(H,12,13,14). The second-order valence-corrected chi connectivity index (χ2v) is 10.6. The number of aryl methyl sites for hydroxylation is 2. The van der Waals surface area contributed by atoms with Gasteiger partial charge in [0.1, 0.15) is 5.78 Å². The number of nitrogens with one attached hydrogen (secondary N) is 1. The van der Waals surface area contributed by atoms with Crippen molar-refractivity contribution >= 4 is 26.8 Å². The molecule has 0 aliphatic heterocycles. The number of rotatable bonds is 4. The summed E-state index contributed by atoms with van der Waals surface area (Å²) >= 11 is 0.